The first kappa shape index (κ1) is 18.9. The zero-order chi connectivity index (χ0) is 18.6. The minimum absolute atomic E-state index is 0.0685. The number of nitrogens with zero attached hydrogens (tertiary/aromatic N) is 2. The molecule has 25 heavy (non-hydrogen) atoms. The summed E-state index contributed by atoms with van der Waals surface area (Å²) in [6.45, 7) is 1.77. The van der Waals surface area contributed by atoms with Crippen LogP contribution in [0.3, 0.4) is 0 Å². The van der Waals surface area contributed by atoms with Crippen molar-refractivity contribution in [1.82, 2.24) is 4.90 Å². The standard InChI is InChI=1S/C16H20F2N2O5/c1-16(17,18)13-10-12(20(23)24)2-3-14(13)25-9-6-11-4-7-19(8-5-11)15(21)22/h2-3,10-11H,4-9H2,1H3,(H,21,22). The second-order valence-corrected chi connectivity index (χ2v) is 6.18. The summed E-state index contributed by atoms with van der Waals surface area (Å²) in [7, 11) is 0. The number of likely N-dealkylation sites (tertiary alicyclic amines) is 1. The van der Waals surface area contributed by atoms with Crippen molar-refractivity contribution in [2.45, 2.75) is 32.1 Å². The average molecular weight is 358 g/mol. The van der Waals surface area contributed by atoms with Crippen LogP contribution in [0.2, 0.25) is 0 Å². The molecular formula is C16H20F2N2O5. The Labute approximate surface area is 143 Å². The van der Waals surface area contributed by atoms with Crippen LogP contribution in [0.25, 0.3) is 0 Å². The molecule has 1 fully saturated rings. The Hall–Kier alpha value is -2.45. The molecule has 9 heteroatoms. The molecule has 1 saturated heterocycles. The first-order valence-corrected chi connectivity index (χ1v) is 7.96. The first-order chi connectivity index (χ1) is 11.7. The second kappa shape index (κ2) is 7.62. The Morgan fingerprint density at radius 2 is 2.08 bits per heavy atom. The molecule has 0 spiro atoms. The molecule has 1 heterocycles. The number of piperidine rings is 1. The van der Waals surface area contributed by atoms with Crippen molar-refractivity contribution in [3.8, 4) is 5.75 Å². The number of nitro benzene ring substituents is 1. The fourth-order valence-electron chi connectivity index (χ4n) is 2.85. The monoisotopic (exact) mass is 358 g/mol. The summed E-state index contributed by atoms with van der Waals surface area (Å²) in [6, 6.07) is 3.16. The highest BCUT2D eigenvalue weighted by molar-refractivity contribution is 5.64. The molecule has 0 saturated carbocycles. The van der Waals surface area contributed by atoms with Crippen LogP contribution in [0.4, 0.5) is 19.3 Å². The number of non-ortho nitro benzene ring substituents is 1. The molecule has 1 aliphatic heterocycles. The molecule has 1 aromatic carbocycles. The number of carboxylic acid groups (broad SMARTS) is 1. The van der Waals surface area contributed by atoms with Crippen molar-refractivity contribution in [3.63, 3.8) is 0 Å². The maximum absolute atomic E-state index is 13.7. The summed E-state index contributed by atoms with van der Waals surface area (Å²) >= 11 is 0. The molecule has 1 amide bonds. The Balaban J connectivity index is 1.95. The van der Waals surface area contributed by atoms with E-state index in [1.165, 1.54) is 11.0 Å². The Morgan fingerprint density at radius 1 is 1.44 bits per heavy atom. The lowest BCUT2D eigenvalue weighted by Gasteiger charge is -2.30. The molecule has 0 radical (unpaired) electrons. The van der Waals surface area contributed by atoms with Crippen LogP contribution in [-0.2, 0) is 5.92 Å². The number of hydrogen-bond acceptors (Lipinski definition) is 4. The van der Waals surface area contributed by atoms with Gasteiger partial charge in [-0.25, -0.2) is 13.6 Å². The molecule has 0 unspecified atom stereocenters. The third kappa shape index (κ3) is 5.01. The van der Waals surface area contributed by atoms with Crippen molar-refractivity contribution >= 4 is 11.8 Å². The van der Waals surface area contributed by atoms with E-state index in [-0.39, 0.29) is 18.3 Å². The Morgan fingerprint density at radius 3 is 2.60 bits per heavy atom. The van der Waals surface area contributed by atoms with Gasteiger partial charge in [-0.15, -0.1) is 0 Å². The van der Waals surface area contributed by atoms with E-state index in [9.17, 15) is 23.7 Å². The van der Waals surface area contributed by atoms with Crippen LogP contribution in [0.5, 0.6) is 5.75 Å². The summed E-state index contributed by atoms with van der Waals surface area (Å²) in [5, 5.41) is 19.7. The van der Waals surface area contributed by atoms with Crippen LogP contribution in [-0.4, -0.2) is 40.7 Å². The number of hydrogen-bond donors (Lipinski definition) is 1. The minimum Gasteiger partial charge on any atom is -0.493 e. The van der Waals surface area contributed by atoms with E-state index in [1.807, 2.05) is 0 Å². The predicted octanol–water partition coefficient (Wildman–Crippen LogP) is 3.87. The topological polar surface area (TPSA) is 92.9 Å². The summed E-state index contributed by atoms with van der Waals surface area (Å²) in [5.41, 5.74) is -0.924. The maximum Gasteiger partial charge on any atom is 0.407 e. The Bertz CT molecular complexity index is 640. The molecule has 1 aromatic rings. The molecule has 138 valence electrons. The van der Waals surface area contributed by atoms with Crippen LogP contribution in [0.1, 0.15) is 31.7 Å². The van der Waals surface area contributed by atoms with Gasteiger partial charge < -0.3 is 14.7 Å². The van der Waals surface area contributed by atoms with Gasteiger partial charge in [0.25, 0.3) is 11.6 Å². The van der Waals surface area contributed by atoms with E-state index in [1.54, 1.807) is 0 Å². The average Bonchev–Trinajstić information content (AvgIpc) is 2.54. The number of alkyl halides is 2. The van der Waals surface area contributed by atoms with E-state index in [2.05, 4.69) is 0 Å². The summed E-state index contributed by atoms with van der Waals surface area (Å²) in [4.78, 5) is 22.2. The minimum atomic E-state index is -3.26. The van der Waals surface area contributed by atoms with Gasteiger partial charge >= 0.3 is 6.09 Å². The number of rotatable bonds is 6. The number of carbonyl (C=O) groups is 1. The quantitative estimate of drug-likeness (QED) is 0.615. The maximum atomic E-state index is 13.7. The van der Waals surface area contributed by atoms with Crippen molar-refractivity contribution < 1.29 is 28.3 Å². The summed E-state index contributed by atoms with van der Waals surface area (Å²) in [6.07, 6.45) is 1.08. The van der Waals surface area contributed by atoms with Crippen LogP contribution >= 0.6 is 0 Å². The van der Waals surface area contributed by atoms with Gasteiger partial charge in [0, 0.05) is 32.1 Å². The van der Waals surface area contributed by atoms with Gasteiger partial charge in [-0.1, -0.05) is 0 Å². The van der Waals surface area contributed by atoms with Crippen molar-refractivity contribution in [2.75, 3.05) is 19.7 Å². The predicted molar refractivity (Wildman–Crippen MR) is 85.1 cm³/mol. The number of ether oxygens (including phenoxy) is 1. The molecule has 0 atom stereocenters. The zero-order valence-corrected chi connectivity index (χ0v) is 13.8. The van der Waals surface area contributed by atoms with Gasteiger partial charge in [-0.2, -0.15) is 0 Å². The lowest BCUT2D eigenvalue weighted by molar-refractivity contribution is -0.385. The van der Waals surface area contributed by atoms with Gasteiger partial charge in [0.2, 0.25) is 0 Å². The van der Waals surface area contributed by atoms with E-state index in [0.717, 1.165) is 12.1 Å². The SMILES string of the molecule is CC(F)(F)c1cc([N+](=O)[O-])ccc1OCCC1CCN(C(=O)O)CC1. The van der Waals surface area contributed by atoms with Gasteiger partial charge in [0.05, 0.1) is 17.1 Å². The van der Waals surface area contributed by atoms with Crippen LogP contribution in [0.15, 0.2) is 18.2 Å². The molecule has 0 aliphatic carbocycles. The third-order valence-corrected chi connectivity index (χ3v) is 4.32. The highest BCUT2D eigenvalue weighted by Crippen LogP contribution is 2.37. The van der Waals surface area contributed by atoms with Crippen molar-refractivity contribution in [1.29, 1.82) is 0 Å². The normalized spacial score (nSPS) is 15.9. The van der Waals surface area contributed by atoms with E-state index in [4.69, 9.17) is 9.84 Å². The highest BCUT2D eigenvalue weighted by Gasteiger charge is 2.31. The molecular weight excluding hydrogens is 338 g/mol. The van der Waals surface area contributed by atoms with E-state index in [0.29, 0.717) is 39.3 Å². The number of benzene rings is 1. The summed E-state index contributed by atoms with van der Waals surface area (Å²) < 4.78 is 32.8. The molecule has 2 rings (SSSR count). The lowest BCUT2D eigenvalue weighted by Crippen LogP contribution is -2.37. The fraction of sp³-hybridized carbons (Fsp3) is 0.562. The molecule has 1 aliphatic rings. The van der Waals surface area contributed by atoms with E-state index < -0.39 is 28.2 Å². The molecule has 0 bridgehead atoms. The Kier molecular flexibility index (Phi) is 5.76. The van der Waals surface area contributed by atoms with Gasteiger partial charge in [-0.3, -0.25) is 10.1 Å². The molecule has 1 N–H and O–H groups in total. The first-order valence-electron chi connectivity index (χ1n) is 7.96. The lowest BCUT2D eigenvalue weighted by atomic mass is 9.94. The van der Waals surface area contributed by atoms with Crippen LogP contribution in [0, 0.1) is 16.0 Å². The molecule has 0 aromatic heterocycles. The third-order valence-electron chi connectivity index (χ3n) is 4.32. The van der Waals surface area contributed by atoms with Gasteiger partial charge in [0.1, 0.15) is 5.75 Å². The number of nitro groups is 1. The van der Waals surface area contributed by atoms with E-state index >= 15 is 0 Å². The summed E-state index contributed by atoms with van der Waals surface area (Å²) in [5.74, 6) is -3.06. The number of halogens is 2. The largest absolute Gasteiger partial charge is 0.493 e. The highest BCUT2D eigenvalue weighted by atomic mass is 19.3. The van der Waals surface area contributed by atoms with Crippen LogP contribution < -0.4 is 4.74 Å². The smallest absolute Gasteiger partial charge is 0.407 e. The van der Waals surface area contributed by atoms with Gasteiger partial charge in [0.15, 0.2) is 0 Å². The zero-order valence-electron chi connectivity index (χ0n) is 13.8. The van der Waals surface area contributed by atoms with Crippen molar-refractivity contribution in [3.05, 3.63) is 33.9 Å². The second-order valence-electron chi connectivity index (χ2n) is 6.18. The van der Waals surface area contributed by atoms with Crippen molar-refractivity contribution in [2.24, 2.45) is 5.92 Å². The molecule has 7 nitrogen and oxygen atoms in total. The van der Waals surface area contributed by atoms with Gasteiger partial charge in [-0.05, 0) is 31.2 Å². The fourth-order valence-corrected chi connectivity index (χ4v) is 2.85. The number of amides is 1.